The van der Waals surface area contributed by atoms with Crippen LogP contribution < -0.4 is 5.73 Å². The van der Waals surface area contributed by atoms with Crippen LogP contribution >= 0.6 is 0 Å². The molecule has 0 aliphatic rings. The minimum Gasteiger partial charge on any atom is -0.398 e. The van der Waals surface area contributed by atoms with Gasteiger partial charge in [-0.3, -0.25) is 4.79 Å². The Morgan fingerprint density at radius 2 is 1.71 bits per heavy atom. The molecule has 21 heavy (non-hydrogen) atoms. The standard InChI is InChI=1S/C18H22N2O/c1-3-20(13-16-11-7-8-12-17(16)19)18(21)14(2)15-9-5-4-6-10-15/h4-12,14H,3,13,19H2,1-2H3. The van der Waals surface area contributed by atoms with Crippen molar-refractivity contribution in [3.05, 3.63) is 65.7 Å². The van der Waals surface area contributed by atoms with Gasteiger partial charge in [0.15, 0.2) is 0 Å². The van der Waals surface area contributed by atoms with Crippen LogP contribution in [0.25, 0.3) is 0 Å². The van der Waals surface area contributed by atoms with Crippen molar-refractivity contribution in [2.24, 2.45) is 0 Å². The molecule has 2 aromatic rings. The molecule has 0 heterocycles. The second-order valence-electron chi connectivity index (χ2n) is 5.18. The fourth-order valence-electron chi connectivity index (χ4n) is 2.39. The van der Waals surface area contributed by atoms with E-state index < -0.39 is 0 Å². The Bertz CT molecular complexity index is 595. The summed E-state index contributed by atoms with van der Waals surface area (Å²) in [7, 11) is 0. The third-order valence-corrected chi connectivity index (χ3v) is 3.78. The fourth-order valence-corrected chi connectivity index (χ4v) is 2.39. The van der Waals surface area contributed by atoms with Crippen LogP contribution in [0.4, 0.5) is 5.69 Å². The van der Waals surface area contributed by atoms with Gasteiger partial charge in [-0.1, -0.05) is 48.5 Å². The highest BCUT2D eigenvalue weighted by atomic mass is 16.2. The summed E-state index contributed by atoms with van der Waals surface area (Å²) in [4.78, 5) is 14.5. The first kappa shape index (κ1) is 15.1. The zero-order valence-corrected chi connectivity index (χ0v) is 12.6. The summed E-state index contributed by atoms with van der Waals surface area (Å²) in [6.45, 7) is 5.17. The zero-order chi connectivity index (χ0) is 15.2. The van der Waals surface area contributed by atoms with Gasteiger partial charge in [0.2, 0.25) is 5.91 Å². The van der Waals surface area contributed by atoms with Gasteiger partial charge in [0, 0.05) is 18.8 Å². The minimum atomic E-state index is -0.143. The lowest BCUT2D eigenvalue weighted by Crippen LogP contribution is -2.33. The van der Waals surface area contributed by atoms with Gasteiger partial charge in [-0.05, 0) is 31.0 Å². The van der Waals surface area contributed by atoms with Crippen LogP contribution in [-0.2, 0) is 11.3 Å². The minimum absolute atomic E-state index is 0.131. The first-order chi connectivity index (χ1) is 10.1. The van der Waals surface area contributed by atoms with Crippen molar-refractivity contribution in [3.8, 4) is 0 Å². The average molecular weight is 282 g/mol. The molecule has 2 N–H and O–H groups in total. The van der Waals surface area contributed by atoms with Gasteiger partial charge in [0.25, 0.3) is 0 Å². The van der Waals surface area contributed by atoms with Crippen molar-refractivity contribution >= 4 is 11.6 Å². The Balaban J connectivity index is 2.14. The molecule has 0 fully saturated rings. The van der Waals surface area contributed by atoms with E-state index >= 15 is 0 Å². The molecule has 0 saturated heterocycles. The van der Waals surface area contributed by atoms with E-state index in [0.717, 1.165) is 16.8 Å². The third kappa shape index (κ3) is 3.63. The van der Waals surface area contributed by atoms with E-state index in [-0.39, 0.29) is 11.8 Å². The number of nitrogens with two attached hydrogens (primary N) is 1. The summed E-state index contributed by atoms with van der Waals surface area (Å²) < 4.78 is 0. The normalized spacial score (nSPS) is 11.9. The molecule has 1 unspecified atom stereocenters. The number of benzene rings is 2. The van der Waals surface area contributed by atoms with E-state index in [4.69, 9.17) is 5.73 Å². The van der Waals surface area contributed by atoms with E-state index in [2.05, 4.69) is 0 Å². The van der Waals surface area contributed by atoms with Crippen LogP contribution in [-0.4, -0.2) is 17.4 Å². The van der Waals surface area contributed by atoms with Crippen molar-refractivity contribution in [1.29, 1.82) is 0 Å². The third-order valence-electron chi connectivity index (χ3n) is 3.78. The number of hydrogen-bond donors (Lipinski definition) is 1. The topological polar surface area (TPSA) is 46.3 Å². The molecule has 2 rings (SSSR count). The molecule has 1 amide bonds. The molecule has 3 nitrogen and oxygen atoms in total. The molecule has 3 heteroatoms. The first-order valence-electron chi connectivity index (χ1n) is 7.30. The number of anilines is 1. The molecule has 0 radical (unpaired) electrons. The van der Waals surface area contributed by atoms with Gasteiger partial charge in [-0.2, -0.15) is 0 Å². The molecule has 0 spiro atoms. The summed E-state index contributed by atoms with van der Waals surface area (Å²) in [6, 6.07) is 17.6. The van der Waals surface area contributed by atoms with Crippen molar-refractivity contribution in [2.45, 2.75) is 26.3 Å². The lowest BCUT2D eigenvalue weighted by molar-refractivity contribution is -0.132. The van der Waals surface area contributed by atoms with E-state index in [1.165, 1.54) is 0 Å². The number of para-hydroxylation sites is 1. The highest BCUT2D eigenvalue weighted by Crippen LogP contribution is 2.20. The summed E-state index contributed by atoms with van der Waals surface area (Å²) in [5.74, 6) is -0.0111. The number of carbonyl (C=O) groups is 1. The predicted octanol–water partition coefficient (Wildman–Crippen LogP) is 3.42. The highest BCUT2D eigenvalue weighted by molar-refractivity contribution is 5.83. The molecule has 110 valence electrons. The number of hydrogen-bond acceptors (Lipinski definition) is 2. The first-order valence-corrected chi connectivity index (χ1v) is 7.30. The number of carbonyl (C=O) groups excluding carboxylic acids is 1. The Kier molecular flexibility index (Phi) is 4.99. The molecule has 0 aliphatic carbocycles. The van der Waals surface area contributed by atoms with Crippen LogP contribution in [0, 0.1) is 0 Å². The van der Waals surface area contributed by atoms with E-state index in [9.17, 15) is 4.79 Å². The Hall–Kier alpha value is -2.29. The summed E-state index contributed by atoms with van der Waals surface area (Å²) >= 11 is 0. The summed E-state index contributed by atoms with van der Waals surface area (Å²) in [6.07, 6.45) is 0. The number of nitrogens with zero attached hydrogens (tertiary/aromatic N) is 1. The van der Waals surface area contributed by atoms with E-state index in [1.54, 1.807) is 0 Å². The maximum atomic E-state index is 12.7. The Morgan fingerprint density at radius 3 is 2.33 bits per heavy atom. The lowest BCUT2D eigenvalue weighted by Gasteiger charge is -2.25. The van der Waals surface area contributed by atoms with Crippen LogP contribution in [0.2, 0.25) is 0 Å². The Labute approximate surface area is 126 Å². The average Bonchev–Trinajstić information content (AvgIpc) is 2.53. The molecule has 1 atom stereocenters. The fraction of sp³-hybridized carbons (Fsp3) is 0.278. The largest absolute Gasteiger partial charge is 0.398 e. The molecule has 0 bridgehead atoms. The number of likely N-dealkylation sites (N-methyl/N-ethyl adjacent to an activating group) is 1. The Morgan fingerprint density at radius 1 is 1.10 bits per heavy atom. The number of rotatable bonds is 5. The van der Waals surface area contributed by atoms with Gasteiger partial charge in [-0.15, -0.1) is 0 Å². The molecule has 2 aromatic carbocycles. The van der Waals surface area contributed by atoms with Gasteiger partial charge < -0.3 is 10.6 Å². The molecular formula is C18H22N2O. The van der Waals surface area contributed by atoms with Gasteiger partial charge in [0.1, 0.15) is 0 Å². The van der Waals surface area contributed by atoms with Crippen molar-refractivity contribution in [3.63, 3.8) is 0 Å². The van der Waals surface area contributed by atoms with Gasteiger partial charge in [-0.25, -0.2) is 0 Å². The molecular weight excluding hydrogens is 260 g/mol. The maximum absolute atomic E-state index is 12.7. The van der Waals surface area contributed by atoms with Crippen molar-refractivity contribution < 1.29 is 4.79 Å². The highest BCUT2D eigenvalue weighted by Gasteiger charge is 2.21. The second-order valence-corrected chi connectivity index (χ2v) is 5.18. The molecule has 0 saturated carbocycles. The van der Waals surface area contributed by atoms with Crippen molar-refractivity contribution in [1.82, 2.24) is 4.90 Å². The molecule has 0 aromatic heterocycles. The lowest BCUT2D eigenvalue weighted by atomic mass is 9.99. The quantitative estimate of drug-likeness (QED) is 0.854. The van der Waals surface area contributed by atoms with E-state index in [1.807, 2.05) is 73.3 Å². The van der Waals surface area contributed by atoms with Crippen LogP contribution in [0.1, 0.15) is 30.9 Å². The smallest absolute Gasteiger partial charge is 0.230 e. The second kappa shape index (κ2) is 6.93. The van der Waals surface area contributed by atoms with Crippen LogP contribution in [0.15, 0.2) is 54.6 Å². The zero-order valence-electron chi connectivity index (χ0n) is 12.6. The summed E-state index contributed by atoms with van der Waals surface area (Å²) in [5.41, 5.74) is 8.74. The molecule has 0 aliphatic heterocycles. The predicted molar refractivity (Wildman–Crippen MR) is 86.8 cm³/mol. The monoisotopic (exact) mass is 282 g/mol. The van der Waals surface area contributed by atoms with Gasteiger partial charge >= 0.3 is 0 Å². The van der Waals surface area contributed by atoms with Gasteiger partial charge in [0.05, 0.1) is 5.92 Å². The van der Waals surface area contributed by atoms with Crippen LogP contribution in [0.5, 0.6) is 0 Å². The number of nitrogen functional groups attached to an aromatic ring is 1. The number of amides is 1. The summed E-state index contributed by atoms with van der Waals surface area (Å²) in [5, 5.41) is 0. The van der Waals surface area contributed by atoms with Crippen molar-refractivity contribution in [2.75, 3.05) is 12.3 Å². The maximum Gasteiger partial charge on any atom is 0.230 e. The van der Waals surface area contributed by atoms with Crippen LogP contribution in [0.3, 0.4) is 0 Å². The SMILES string of the molecule is CCN(Cc1ccccc1N)C(=O)C(C)c1ccccc1. The van der Waals surface area contributed by atoms with E-state index in [0.29, 0.717) is 13.1 Å².